The van der Waals surface area contributed by atoms with Crippen LogP contribution in [0.15, 0.2) is 36.4 Å². The molecule has 7 heteroatoms. The summed E-state index contributed by atoms with van der Waals surface area (Å²) in [5.74, 6) is -1.01. The summed E-state index contributed by atoms with van der Waals surface area (Å²) in [5, 5.41) is 11.9. The zero-order chi connectivity index (χ0) is 20.9. The van der Waals surface area contributed by atoms with Crippen molar-refractivity contribution in [2.24, 2.45) is 0 Å². The lowest BCUT2D eigenvalue weighted by Gasteiger charge is -2.20. The van der Waals surface area contributed by atoms with E-state index in [2.05, 4.69) is 5.32 Å². The lowest BCUT2D eigenvalue weighted by Crippen LogP contribution is -2.34. The van der Waals surface area contributed by atoms with Gasteiger partial charge in [0.05, 0.1) is 12.1 Å². The first kappa shape index (κ1) is 21.2. The molecule has 0 saturated heterocycles. The van der Waals surface area contributed by atoms with Crippen LogP contribution < -0.4 is 10.1 Å². The summed E-state index contributed by atoms with van der Waals surface area (Å²) in [4.78, 5) is 23.0. The van der Waals surface area contributed by atoms with Crippen LogP contribution in [0, 0.1) is 12.7 Å². The van der Waals surface area contributed by atoms with Gasteiger partial charge in [-0.2, -0.15) is 0 Å². The van der Waals surface area contributed by atoms with E-state index in [0.717, 1.165) is 0 Å². The van der Waals surface area contributed by atoms with E-state index < -0.39 is 17.7 Å². The van der Waals surface area contributed by atoms with Gasteiger partial charge in [-0.1, -0.05) is 6.07 Å². The summed E-state index contributed by atoms with van der Waals surface area (Å²) >= 11 is 0. The van der Waals surface area contributed by atoms with Crippen molar-refractivity contribution < 1.29 is 28.6 Å². The summed E-state index contributed by atoms with van der Waals surface area (Å²) in [5.41, 5.74) is 1.36. The Morgan fingerprint density at radius 1 is 1.11 bits per heavy atom. The monoisotopic (exact) mass is 389 g/mol. The van der Waals surface area contributed by atoms with Crippen molar-refractivity contribution >= 4 is 12.1 Å². The number of hydrogen-bond donors (Lipinski definition) is 2. The third kappa shape index (κ3) is 5.97. The number of amides is 1. The number of carboxylic acid groups (broad SMARTS) is 1. The van der Waals surface area contributed by atoms with E-state index in [0.29, 0.717) is 22.4 Å². The maximum absolute atomic E-state index is 13.4. The second-order valence-corrected chi connectivity index (χ2v) is 7.25. The average molecular weight is 389 g/mol. The molecule has 0 aliphatic heterocycles. The van der Waals surface area contributed by atoms with E-state index in [-0.39, 0.29) is 24.5 Å². The van der Waals surface area contributed by atoms with E-state index in [1.165, 1.54) is 24.3 Å². The Hall–Kier alpha value is -3.09. The molecular formula is C21H24FNO5. The van der Waals surface area contributed by atoms with Crippen LogP contribution in [-0.2, 0) is 4.74 Å². The molecule has 0 spiro atoms. The van der Waals surface area contributed by atoms with Crippen LogP contribution in [0.25, 0.3) is 11.1 Å². The standard InChI is InChI=1S/C21H24FNO5/c1-13-11-15(22)6-7-16(13)17-12-14(19(24)25)5-8-18(17)27-10-9-23-20(26)28-21(2,3)4/h5-8,11-12H,9-10H2,1-4H3,(H,23,26)(H,24,25). The van der Waals surface area contributed by atoms with Crippen molar-refractivity contribution in [3.8, 4) is 16.9 Å². The Balaban J connectivity index is 2.15. The van der Waals surface area contributed by atoms with Crippen LogP contribution in [0.4, 0.5) is 9.18 Å². The first-order valence-electron chi connectivity index (χ1n) is 8.80. The van der Waals surface area contributed by atoms with Gasteiger partial charge in [0.15, 0.2) is 0 Å². The molecule has 0 atom stereocenters. The Bertz CT molecular complexity index is 874. The third-order valence-electron chi connectivity index (χ3n) is 3.73. The normalized spacial score (nSPS) is 11.0. The minimum absolute atomic E-state index is 0.0953. The SMILES string of the molecule is Cc1cc(F)ccc1-c1cc(C(=O)O)ccc1OCCNC(=O)OC(C)(C)C. The number of alkyl carbamates (subject to hydrolysis) is 1. The number of aryl methyl sites for hydroxylation is 1. The Kier molecular flexibility index (Phi) is 6.62. The highest BCUT2D eigenvalue weighted by Gasteiger charge is 2.16. The highest BCUT2D eigenvalue weighted by Crippen LogP contribution is 2.33. The van der Waals surface area contributed by atoms with Crippen LogP contribution >= 0.6 is 0 Å². The molecule has 2 aromatic carbocycles. The molecule has 28 heavy (non-hydrogen) atoms. The fourth-order valence-electron chi connectivity index (χ4n) is 2.56. The van der Waals surface area contributed by atoms with Crippen LogP contribution in [-0.4, -0.2) is 35.9 Å². The Morgan fingerprint density at radius 2 is 1.82 bits per heavy atom. The van der Waals surface area contributed by atoms with E-state index in [1.807, 2.05) is 0 Å². The summed E-state index contributed by atoms with van der Waals surface area (Å²) in [6.07, 6.45) is -0.549. The number of hydrogen-bond acceptors (Lipinski definition) is 4. The van der Waals surface area contributed by atoms with Gasteiger partial charge in [-0.15, -0.1) is 0 Å². The van der Waals surface area contributed by atoms with Gasteiger partial charge in [0.25, 0.3) is 0 Å². The van der Waals surface area contributed by atoms with Crippen molar-refractivity contribution in [3.63, 3.8) is 0 Å². The van der Waals surface area contributed by atoms with Gasteiger partial charge in [-0.05, 0) is 69.2 Å². The number of aromatic carboxylic acids is 1. The molecule has 0 aliphatic carbocycles. The minimum Gasteiger partial charge on any atom is -0.491 e. The topological polar surface area (TPSA) is 84.9 Å². The van der Waals surface area contributed by atoms with E-state index >= 15 is 0 Å². The number of carbonyl (C=O) groups excluding carboxylic acids is 1. The van der Waals surface area contributed by atoms with Crippen molar-refractivity contribution in [2.75, 3.05) is 13.2 Å². The second kappa shape index (κ2) is 8.73. The predicted molar refractivity (Wildman–Crippen MR) is 103 cm³/mol. The predicted octanol–water partition coefficient (Wildman–Crippen LogP) is 4.40. The molecule has 0 fully saturated rings. The van der Waals surface area contributed by atoms with Crippen molar-refractivity contribution in [1.29, 1.82) is 0 Å². The van der Waals surface area contributed by atoms with Gasteiger partial charge in [0.1, 0.15) is 23.8 Å². The zero-order valence-corrected chi connectivity index (χ0v) is 16.3. The second-order valence-electron chi connectivity index (χ2n) is 7.25. The molecule has 150 valence electrons. The quantitative estimate of drug-likeness (QED) is 0.715. The highest BCUT2D eigenvalue weighted by atomic mass is 19.1. The number of rotatable bonds is 6. The number of halogens is 1. The van der Waals surface area contributed by atoms with E-state index in [9.17, 15) is 19.1 Å². The number of carboxylic acids is 1. The van der Waals surface area contributed by atoms with Gasteiger partial charge in [-0.3, -0.25) is 0 Å². The first-order chi connectivity index (χ1) is 13.1. The molecule has 0 aliphatic rings. The van der Waals surface area contributed by atoms with Crippen molar-refractivity contribution in [1.82, 2.24) is 5.32 Å². The molecule has 0 heterocycles. The molecule has 6 nitrogen and oxygen atoms in total. The van der Waals surface area contributed by atoms with Gasteiger partial charge in [0.2, 0.25) is 0 Å². The largest absolute Gasteiger partial charge is 0.491 e. The summed E-state index contributed by atoms with van der Waals surface area (Å²) in [7, 11) is 0. The lowest BCUT2D eigenvalue weighted by atomic mass is 9.97. The van der Waals surface area contributed by atoms with Crippen LogP contribution in [0.1, 0.15) is 36.7 Å². The Morgan fingerprint density at radius 3 is 2.43 bits per heavy atom. The number of carbonyl (C=O) groups is 2. The smallest absolute Gasteiger partial charge is 0.407 e. The van der Waals surface area contributed by atoms with Crippen LogP contribution in [0.5, 0.6) is 5.75 Å². The number of ether oxygens (including phenoxy) is 2. The molecule has 0 saturated carbocycles. The molecule has 0 unspecified atom stereocenters. The van der Waals surface area contributed by atoms with Crippen LogP contribution in [0.2, 0.25) is 0 Å². The number of nitrogens with one attached hydrogen (secondary N) is 1. The molecule has 0 radical (unpaired) electrons. The fraction of sp³-hybridized carbons (Fsp3) is 0.333. The van der Waals surface area contributed by atoms with Gasteiger partial charge in [0, 0.05) is 5.56 Å². The van der Waals surface area contributed by atoms with Gasteiger partial charge >= 0.3 is 12.1 Å². The molecule has 0 aromatic heterocycles. The number of benzene rings is 2. The van der Waals surface area contributed by atoms with E-state index in [1.54, 1.807) is 39.8 Å². The summed E-state index contributed by atoms with van der Waals surface area (Å²) < 4.78 is 24.3. The van der Waals surface area contributed by atoms with Crippen molar-refractivity contribution in [2.45, 2.75) is 33.3 Å². The van der Waals surface area contributed by atoms with Crippen molar-refractivity contribution in [3.05, 3.63) is 53.3 Å². The minimum atomic E-state index is -1.07. The molecule has 0 bridgehead atoms. The first-order valence-corrected chi connectivity index (χ1v) is 8.80. The van der Waals surface area contributed by atoms with Crippen LogP contribution in [0.3, 0.4) is 0 Å². The lowest BCUT2D eigenvalue weighted by molar-refractivity contribution is 0.0519. The Labute approximate surface area is 163 Å². The molecule has 2 aromatic rings. The maximum atomic E-state index is 13.4. The maximum Gasteiger partial charge on any atom is 0.407 e. The molecule has 2 rings (SSSR count). The summed E-state index contributed by atoms with van der Waals surface area (Å²) in [6.45, 7) is 7.40. The van der Waals surface area contributed by atoms with E-state index in [4.69, 9.17) is 9.47 Å². The third-order valence-corrected chi connectivity index (χ3v) is 3.73. The molecule has 2 N–H and O–H groups in total. The molecule has 1 amide bonds. The highest BCUT2D eigenvalue weighted by molar-refractivity contribution is 5.90. The van der Waals surface area contributed by atoms with Gasteiger partial charge in [-0.25, -0.2) is 14.0 Å². The van der Waals surface area contributed by atoms with Gasteiger partial charge < -0.3 is 19.9 Å². The summed E-state index contributed by atoms with van der Waals surface area (Å²) in [6, 6.07) is 8.73. The molecular weight excluding hydrogens is 365 g/mol. The fourth-order valence-corrected chi connectivity index (χ4v) is 2.56. The zero-order valence-electron chi connectivity index (χ0n) is 16.3. The average Bonchev–Trinajstić information content (AvgIpc) is 2.57.